The summed E-state index contributed by atoms with van der Waals surface area (Å²) in [4.78, 5) is 14.9. The number of amides is 1. The average molecular weight is 351 g/mol. The number of hydrogen-bond donors (Lipinski definition) is 0. The summed E-state index contributed by atoms with van der Waals surface area (Å²) in [7, 11) is 3.11. The summed E-state index contributed by atoms with van der Waals surface area (Å²) in [5.41, 5.74) is 2.44. The van der Waals surface area contributed by atoms with Gasteiger partial charge in [-0.2, -0.15) is 0 Å². The second-order valence-corrected chi connectivity index (χ2v) is 5.88. The molecule has 134 valence electrons. The molecule has 0 radical (unpaired) electrons. The highest BCUT2D eigenvalue weighted by molar-refractivity contribution is 6.06. The van der Waals surface area contributed by atoms with Crippen LogP contribution in [0.1, 0.15) is 21.7 Å². The Morgan fingerprint density at radius 2 is 1.73 bits per heavy atom. The summed E-state index contributed by atoms with van der Waals surface area (Å²) >= 11 is 0. The van der Waals surface area contributed by atoms with Crippen molar-refractivity contribution in [3.8, 4) is 11.5 Å². The van der Waals surface area contributed by atoms with Gasteiger partial charge in [0, 0.05) is 11.3 Å². The summed E-state index contributed by atoms with van der Waals surface area (Å²) in [6.45, 7) is 2.35. The molecule has 0 aliphatic heterocycles. The van der Waals surface area contributed by atoms with Crippen LogP contribution in [0.4, 0.5) is 5.69 Å². The molecule has 1 heterocycles. The smallest absolute Gasteiger partial charge is 0.258 e. The van der Waals surface area contributed by atoms with E-state index in [1.54, 1.807) is 43.6 Å². The predicted octanol–water partition coefficient (Wildman–Crippen LogP) is 4.45. The van der Waals surface area contributed by atoms with E-state index in [-0.39, 0.29) is 5.91 Å². The highest BCUT2D eigenvalue weighted by Gasteiger charge is 2.21. The summed E-state index contributed by atoms with van der Waals surface area (Å²) in [6.07, 6.45) is 1.60. The monoisotopic (exact) mass is 351 g/mol. The molecule has 0 spiro atoms. The van der Waals surface area contributed by atoms with Crippen LogP contribution in [0.15, 0.2) is 65.3 Å². The van der Waals surface area contributed by atoms with Gasteiger partial charge in [0.1, 0.15) is 5.76 Å². The van der Waals surface area contributed by atoms with Crippen LogP contribution in [-0.2, 0) is 6.54 Å². The first kappa shape index (κ1) is 17.6. The minimum absolute atomic E-state index is 0.147. The quantitative estimate of drug-likeness (QED) is 0.658. The van der Waals surface area contributed by atoms with Gasteiger partial charge in [0.15, 0.2) is 11.5 Å². The molecule has 3 rings (SSSR count). The zero-order chi connectivity index (χ0) is 18.5. The van der Waals surface area contributed by atoms with Gasteiger partial charge >= 0.3 is 0 Å². The Hall–Kier alpha value is -3.21. The maximum absolute atomic E-state index is 13.2. The van der Waals surface area contributed by atoms with Crippen molar-refractivity contribution in [1.29, 1.82) is 0 Å². The SMILES string of the molecule is COc1ccc(C(=O)N(Cc2ccco2)c2ccc(C)cc2)cc1OC. The van der Waals surface area contributed by atoms with Crippen molar-refractivity contribution in [2.24, 2.45) is 0 Å². The largest absolute Gasteiger partial charge is 0.493 e. The molecule has 5 heteroatoms. The third-order valence-corrected chi connectivity index (χ3v) is 4.12. The van der Waals surface area contributed by atoms with Gasteiger partial charge in [0.2, 0.25) is 0 Å². The Balaban J connectivity index is 1.97. The zero-order valence-corrected chi connectivity index (χ0v) is 15.1. The molecule has 5 nitrogen and oxygen atoms in total. The van der Waals surface area contributed by atoms with E-state index in [4.69, 9.17) is 13.9 Å². The van der Waals surface area contributed by atoms with Crippen molar-refractivity contribution in [3.05, 3.63) is 77.7 Å². The number of aryl methyl sites for hydroxylation is 1. The van der Waals surface area contributed by atoms with Crippen molar-refractivity contribution < 1.29 is 18.7 Å². The van der Waals surface area contributed by atoms with Gasteiger partial charge in [-0.05, 0) is 49.4 Å². The first-order valence-corrected chi connectivity index (χ1v) is 8.25. The van der Waals surface area contributed by atoms with E-state index in [9.17, 15) is 4.79 Å². The molecule has 0 atom stereocenters. The minimum Gasteiger partial charge on any atom is -0.493 e. The van der Waals surface area contributed by atoms with Gasteiger partial charge in [0.05, 0.1) is 27.0 Å². The van der Waals surface area contributed by atoms with Crippen molar-refractivity contribution in [2.75, 3.05) is 19.1 Å². The summed E-state index contributed by atoms with van der Waals surface area (Å²) < 4.78 is 16.0. The Kier molecular flexibility index (Phi) is 5.27. The molecule has 0 bridgehead atoms. The fraction of sp³-hybridized carbons (Fsp3) is 0.190. The molecular weight excluding hydrogens is 330 g/mol. The van der Waals surface area contributed by atoms with Gasteiger partial charge in [-0.1, -0.05) is 17.7 Å². The van der Waals surface area contributed by atoms with E-state index in [1.165, 1.54) is 0 Å². The van der Waals surface area contributed by atoms with E-state index < -0.39 is 0 Å². The molecule has 2 aromatic carbocycles. The summed E-state index contributed by atoms with van der Waals surface area (Å²) in [5.74, 6) is 1.66. The second-order valence-electron chi connectivity index (χ2n) is 5.88. The number of benzene rings is 2. The number of anilines is 1. The number of methoxy groups -OCH3 is 2. The predicted molar refractivity (Wildman–Crippen MR) is 99.9 cm³/mol. The van der Waals surface area contributed by atoms with Gasteiger partial charge in [0.25, 0.3) is 5.91 Å². The average Bonchev–Trinajstić information content (AvgIpc) is 3.19. The molecule has 26 heavy (non-hydrogen) atoms. The number of furan rings is 1. The second kappa shape index (κ2) is 7.78. The van der Waals surface area contributed by atoms with Crippen LogP contribution >= 0.6 is 0 Å². The van der Waals surface area contributed by atoms with Gasteiger partial charge < -0.3 is 18.8 Å². The lowest BCUT2D eigenvalue weighted by Gasteiger charge is -2.22. The zero-order valence-electron chi connectivity index (χ0n) is 15.1. The van der Waals surface area contributed by atoms with Crippen LogP contribution in [0.2, 0.25) is 0 Å². The molecule has 1 amide bonds. The number of rotatable bonds is 6. The third kappa shape index (κ3) is 3.72. The molecule has 0 unspecified atom stereocenters. The van der Waals surface area contributed by atoms with Crippen LogP contribution in [0.3, 0.4) is 0 Å². The van der Waals surface area contributed by atoms with Crippen LogP contribution in [0.25, 0.3) is 0 Å². The van der Waals surface area contributed by atoms with Gasteiger partial charge in [-0.3, -0.25) is 4.79 Å². The molecule has 0 aliphatic rings. The first-order valence-electron chi connectivity index (χ1n) is 8.25. The third-order valence-electron chi connectivity index (χ3n) is 4.12. The number of ether oxygens (including phenoxy) is 2. The number of carbonyl (C=O) groups is 1. The molecule has 0 saturated heterocycles. The van der Waals surface area contributed by atoms with Crippen LogP contribution in [-0.4, -0.2) is 20.1 Å². The van der Waals surface area contributed by atoms with Crippen molar-refractivity contribution in [1.82, 2.24) is 0 Å². The minimum atomic E-state index is -0.147. The molecule has 3 aromatic rings. The fourth-order valence-electron chi connectivity index (χ4n) is 2.69. The van der Waals surface area contributed by atoms with E-state index in [0.29, 0.717) is 29.4 Å². The van der Waals surface area contributed by atoms with E-state index in [1.807, 2.05) is 43.3 Å². The number of nitrogens with zero attached hydrogens (tertiary/aromatic N) is 1. The van der Waals surface area contributed by atoms with Crippen molar-refractivity contribution in [2.45, 2.75) is 13.5 Å². The molecule has 0 N–H and O–H groups in total. The highest BCUT2D eigenvalue weighted by atomic mass is 16.5. The first-order chi connectivity index (χ1) is 12.6. The molecule has 0 saturated carbocycles. The van der Waals surface area contributed by atoms with Crippen LogP contribution < -0.4 is 14.4 Å². The molecular formula is C21H21NO4. The summed E-state index contributed by atoms with van der Waals surface area (Å²) in [6, 6.07) is 16.6. The Morgan fingerprint density at radius 3 is 2.35 bits per heavy atom. The summed E-state index contributed by atoms with van der Waals surface area (Å²) in [5, 5.41) is 0. The Morgan fingerprint density at radius 1 is 1.00 bits per heavy atom. The van der Waals surface area contributed by atoms with Gasteiger partial charge in [-0.25, -0.2) is 0 Å². The van der Waals surface area contributed by atoms with Crippen LogP contribution in [0.5, 0.6) is 11.5 Å². The van der Waals surface area contributed by atoms with Crippen molar-refractivity contribution in [3.63, 3.8) is 0 Å². The van der Waals surface area contributed by atoms with Gasteiger partial charge in [-0.15, -0.1) is 0 Å². The lowest BCUT2D eigenvalue weighted by molar-refractivity contribution is 0.0983. The Bertz CT molecular complexity index is 870. The van der Waals surface area contributed by atoms with E-state index >= 15 is 0 Å². The fourth-order valence-corrected chi connectivity index (χ4v) is 2.69. The Labute approximate surface area is 152 Å². The maximum atomic E-state index is 13.2. The van der Waals surface area contributed by atoms with E-state index in [2.05, 4.69) is 0 Å². The lowest BCUT2D eigenvalue weighted by Crippen LogP contribution is -2.30. The maximum Gasteiger partial charge on any atom is 0.258 e. The molecule has 0 aliphatic carbocycles. The lowest BCUT2D eigenvalue weighted by atomic mass is 10.1. The van der Waals surface area contributed by atoms with E-state index in [0.717, 1.165) is 11.3 Å². The van der Waals surface area contributed by atoms with Crippen LogP contribution in [0, 0.1) is 6.92 Å². The van der Waals surface area contributed by atoms with Crippen molar-refractivity contribution >= 4 is 11.6 Å². The highest BCUT2D eigenvalue weighted by Crippen LogP contribution is 2.29. The number of hydrogen-bond acceptors (Lipinski definition) is 4. The normalized spacial score (nSPS) is 10.4. The standard InChI is InChI=1S/C21H21NO4/c1-15-6-9-17(10-7-15)22(14-18-5-4-12-26-18)21(23)16-8-11-19(24-2)20(13-16)25-3/h4-13H,14H2,1-3H3. The topological polar surface area (TPSA) is 51.9 Å². The molecule has 0 fully saturated rings. The number of carbonyl (C=O) groups excluding carboxylic acids is 1. The molecule has 1 aromatic heterocycles.